The first kappa shape index (κ1) is 15.3. The molecule has 1 aromatic heterocycles. The summed E-state index contributed by atoms with van der Waals surface area (Å²) in [5.41, 5.74) is 1.72. The largest absolute Gasteiger partial charge is 0.355 e. The van der Waals surface area contributed by atoms with Gasteiger partial charge in [-0.05, 0) is 51.1 Å². The maximum absolute atomic E-state index is 12.1. The Morgan fingerprint density at radius 1 is 1.14 bits per heavy atom. The molecule has 0 bridgehead atoms. The zero-order valence-electron chi connectivity index (χ0n) is 12.3. The molecular weight excluding hydrogens is 286 g/mol. The van der Waals surface area contributed by atoms with Crippen LogP contribution in [0.3, 0.4) is 0 Å². The summed E-state index contributed by atoms with van der Waals surface area (Å²) in [5, 5.41) is 6.74. The van der Waals surface area contributed by atoms with Gasteiger partial charge in [0.1, 0.15) is 5.69 Å². The van der Waals surface area contributed by atoms with E-state index in [1.165, 1.54) is 0 Å². The molecule has 0 saturated carbocycles. The second-order valence-electron chi connectivity index (χ2n) is 5.77. The Labute approximate surface area is 129 Å². The van der Waals surface area contributed by atoms with Gasteiger partial charge in [0.15, 0.2) is 0 Å². The Bertz CT molecular complexity index is 650. The summed E-state index contributed by atoms with van der Waals surface area (Å²) in [5.74, 6) is -0.197. The lowest BCUT2D eigenvalue weighted by atomic mass is 10.1. The highest BCUT2D eigenvalue weighted by Crippen LogP contribution is 2.20. The molecule has 0 spiro atoms. The average molecular weight is 304 g/mol. The third-order valence-electron chi connectivity index (χ3n) is 2.59. The summed E-state index contributed by atoms with van der Waals surface area (Å²) >= 11 is 5.95. The maximum Gasteiger partial charge on any atom is 0.270 e. The van der Waals surface area contributed by atoms with Crippen LogP contribution in [0, 0.1) is 0 Å². The van der Waals surface area contributed by atoms with Crippen LogP contribution in [0.4, 0.5) is 11.4 Å². The third kappa shape index (κ3) is 4.76. The molecule has 0 aliphatic heterocycles. The van der Waals surface area contributed by atoms with Crippen LogP contribution < -0.4 is 10.6 Å². The number of hydrogen-bond acceptors (Lipinski definition) is 3. The lowest BCUT2D eigenvalue weighted by Gasteiger charge is -2.20. The number of hydrogen-bond donors (Lipinski definition) is 2. The van der Waals surface area contributed by atoms with Gasteiger partial charge in [0, 0.05) is 28.1 Å². The van der Waals surface area contributed by atoms with Crippen LogP contribution in [0.1, 0.15) is 31.3 Å². The van der Waals surface area contributed by atoms with E-state index in [1.807, 2.05) is 45.0 Å². The van der Waals surface area contributed by atoms with Crippen molar-refractivity contribution in [1.82, 2.24) is 10.3 Å². The van der Waals surface area contributed by atoms with Crippen molar-refractivity contribution in [2.45, 2.75) is 26.3 Å². The van der Waals surface area contributed by atoms with E-state index in [1.54, 1.807) is 18.3 Å². The predicted octanol–water partition coefficient (Wildman–Crippen LogP) is 4.01. The minimum absolute atomic E-state index is 0.197. The maximum atomic E-state index is 12.1. The summed E-state index contributed by atoms with van der Waals surface area (Å²) in [6, 6.07) is 10.9. The molecule has 0 aliphatic rings. The van der Waals surface area contributed by atoms with Crippen LogP contribution in [0.5, 0.6) is 0 Å². The Morgan fingerprint density at radius 2 is 1.86 bits per heavy atom. The number of nitrogens with zero attached hydrogens (tertiary/aromatic N) is 1. The fourth-order valence-electron chi connectivity index (χ4n) is 1.77. The molecule has 2 N–H and O–H groups in total. The molecule has 21 heavy (non-hydrogen) atoms. The SMILES string of the molecule is CC(C)(C)NC(=O)c1cc(Nc2cccc(Cl)c2)ccn1. The topological polar surface area (TPSA) is 54.0 Å². The molecule has 0 atom stereocenters. The minimum atomic E-state index is -0.296. The number of anilines is 2. The molecular formula is C16H18ClN3O. The van der Waals surface area contributed by atoms with Crippen molar-refractivity contribution in [3.63, 3.8) is 0 Å². The standard InChI is InChI=1S/C16H18ClN3O/c1-16(2,3)20-15(21)14-10-13(7-8-18-14)19-12-6-4-5-11(17)9-12/h4-10H,1-3H3,(H,18,19)(H,20,21). The predicted molar refractivity (Wildman–Crippen MR) is 86.2 cm³/mol. The van der Waals surface area contributed by atoms with E-state index in [2.05, 4.69) is 15.6 Å². The van der Waals surface area contributed by atoms with E-state index in [-0.39, 0.29) is 11.4 Å². The van der Waals surface area contributed by atoms with Crippen molar-refractivity contribution >= 4 is 28.9 Å². The molecule has 4 nitrogen and oxygen atoms in total. The average Bonchev–Trinajstić information content (AvgIpc) is 2.37. The van der Waals surface area contributed by atoms with Gasteiger partial charge in [-0.25, -0.2) is 0 Å². The van der Waals surface area contributed by atoms with Gasteiger partial charge in [0.05, 0.1) is 0 Å². The van der Waals surface area contributed by atoms with Gasteiger partial charge in [-0.1, -0.05) is 17.7 Å². The summed E-state index contributed by atoms with van der Waals surface area (Å²) in [6.45, 7) is 5.79. The first-order valence-electron chi connectivity index (χ1n) is 6.65. The molecule has 0 saturated heterocycles. The van der Waals surface area contributed by atoms with E-state index in [4.69, 9.17) is 11.6 Å². The smallest absolute Gasteiger partial charge is 0.270 e. The van der Waals surface area contributed by atoms with Crippen molar-refractivity contribution in [2.75, 3.05) is 5.32 Å². The highest BCUT2D eigenvalue weighted by Gasteiger charge is 2.16. The van der Waals surface area contributed by atoms with Crippen molar-refractivity contribution in [3.05, 3.63) is 53.3 Å². The second kappa shape index (κ2) is 6.14. The Hall–Kier alpha value is -2.07. The number of pyridine rings is 1. The molecule has 0 aliphatic carbocycles. The number of nitrogens with one attached hydrogen (secondary N) is 2. The first-order valence-corrected chi connectivity index (χ1v) is 7.02. The zero-order chi connectivity index (χ0) is 15.5. The number of halogens is 1. The molecule has 0 fully saturated rings. The number of aromatic nitrogens is 1. The summed E-state index contributed by atoms with van der Waals surface area (Å²) in [4.78, 5) is 16.2. The fourth-order valence-corrected chi connectivity index (χ4v) is 1.96. The van der Waals surface area contributed by atoms with E-state index >= 15 is 0 Å². The Kier molecular flexibility index (Phi) is 4.48. The summed E-state index contributed by atoms with van der Waals surface area (Å²) in [6.07, 6.45) is 1.60. The van der Waals surface area contributed by atoms with E-state index in [9.17, 15) is 4.79 Å². The Balaban J connectivity index is 2.16. The third-order valence-corrected chi connectivity index (χ3v) is 2.83. The van der Waals surface area contributed by atoms with Crippen LogP contribution in [0.25, 0.3) is 0 Å². The van der Waals surface area contributed by atoms with Crippen LogP contribution >= 0.6 is 11.6 Å². The lowest BCUT2D eigenvalue weighted by molar-refractivity contribution is 0.0914. The van der Waals surface area contributed by atoms with Gasteiger partial charge in [-0.3, -0.25) is 9.78 Å². The number of rotatable bonds is 3. The molecule has 110 valence electrons. The first-order chi connectivity index (χ1) is 9.83. The molecule has 2 rings (SSSR count). The normalized spacial score (nSPS) is 11.0. The Morgan fingerprint density at radius 3 is 2.52 bits per heavy atom. The molecule has 2 aromatic rings. The monoisotopic (exact) mass is 303 g/mol. The molecule has 1 heterocycles. The van der Waals surface area contributed by atoms with Gasteiger partial charge >= 0.3 is 0 Å². The van der Waals surface area contributed by atoms with Crippen molar-refractivity contribution < 1.29 is 4.79 Å². The van der Waals surface area contributed by atoms with E-state index in [0.717, 1.165) is 11.4 Å². The molecule has 5 heteroatoms. The molecule has 0 unspecified atom stereocenters. The number of carbonyl (C=O) groups excluding carboxylic acids is 1. The summed E-state index contributed by atoms with van der Waals surface area (Å²) < 4.78 is 0. The zero-order valence-corrected chi connectivity index (χ0v) is 13.0. The van der Waals surface area contributed by atoms with E-state index < -0.39 is 0 Å². The second-order valence-corrected chi connectivity index (χ2v) is 6.21. The highest BCUT2D eigenvalue weighted by atomic mass is 35.5. The number of benzene rings is 1. The van der Waals surface area contributed by atoms with Gasteiger partial charge in [0.2, 0.25) is 0 Å². The van der Waals surface area contributed by atoms with Crippen molar-refractivity contribution in [1.29, 1.82) is 0 Å². The van der Waals surface area contributed by atoms with Crippen LogP contribution in [-0.4, -0.2) is 16.4 Å². The summed E-state index contributed by atoms with van der Waals surface area (Å²) in [7, 11) is 0. The minimum Gasteiger partial charge on any atom is -0.355 e. The lowest BCUT2D eigenvalue weighted by Crippen LogP contribution is -2.40. The van der Waals surface area contributed by atoms with Gasteiger partial charge in [0.25, 0.3) is 5.91 Å². The molecule has 1 aromatic carbocycles. The quantitative estimate of drug-likeness (QED) is 0.901. The highest BCUT2D eigenvalue weighted by molar-refractivity contribution is 6.30. The van der Waals surface area contributed by atoms with Crippen LogP contribution in [0.15, 0.2) is 42.6 Å². The number of carbonyl (C=O) groups is 1. The fraction of sp³-hybridized carbons (Fsp3) is 0.250. The number of amides is 1. The van der Waals surface area contributed by atoms with Crippen LogP contribution in [0.2, 0.25) is 5.02 Å². The van der Waals surface area contributed by atoms with E-state index in [0.29, 0.717) is 10.7 Å². The van der Waals surface area contributed by atoms with Crippen molar-refractivity contribution in [3.8, 4) is 0 Å². The van der Waals surface area contributed by atoms with Gasteiger partial charge in [-0.2, -0.15) is 0 Å². The molecule has 1 amide bonds. The van der Waals surface area contributed by atoms with Gasteiger partial charge < -0.3 is 10.6 Å². The van der Waals surface area contributed by atoms with Gasteiger partial charge in [-0.15, -0.1) is 0 Å². The molecule has 0 radical (unpaired) electrons. The van der Waals surface area contributed by atoms with Crippen molar-refractivity contribution in [2.24, 2.45) is 0 Å². The van der Waals surface area contributed by atoms with Crippen LogP contribution in [-0.2, 0) is 0 Å².